The number of alkyl halides is 3. The molecule has 0 saturated carbocycles. The van der Waals surface area contributed by atoms with E-state index in [9.17, 15) is 45.0 Å². The number of hydrogen-bond acceptors (Lipinski definition) is 3. The van der Waals surface area contributed by atoms with Gasteiger partial charge in [0.25, 0.3) is 5.78 Å². The van der Waals surface area contributed by atoms with E-state index in [0.29, 0.717) is 18.2 Å². The Labute approximate surface area is 172 Å². The van der Waals surface area contributed by atoms with E-state index in [0.717, 1.165) is 0 Å². The second-order valence-electron chi connectivity index (χ2n) is 5.67. The molecule has 0 aliphatic heterocycles. The van der Waals surface area contributed by atoms with E-state index in [1.807, 2.05) is 0 Å². The Hall–Kier alpha value is -2.92. The molecule has 0 bridgehead atoms. The van der Waals surface area contributed by atoms with Crippen molar-refractivity contribution in [3.05, 3.63) is 65.0 Å². The van der Waals surface area contributed by atoms with Crippen molar-refractivity contribution in [1.29, 1.82) is 0 Å². The summed E-state index contributed by atoms with van der Waals surface area (Å²) in [5, 5.41) is 13.5. The number of carbonyl (C=O) groups excluding carboxylic acids is 1. The van der Waals surface area contributed by atoms with E-state index >= 15 is 0 Å². The van der Waals surface area contributed by atoms with Crippen molar-refractivity contribution < 1.29 is 62.1 Å². The van der Waals surface area contributed by atoms with E-state index in [1.54, 1.807) is 0 Å². The second kappa shape index (κ2) is 8.07. The molecule has 0 aliphatic carbocycles. The van der Waals surface area contributed by atoms with Crippen molar-refractivity contribution in [3.8, 4) is 22.8 Å². The fraction of sp³-hybridized carbons (Fsp3) is 0.0588. The molecule has 0 amide bonds. The quantitative estimate of drug-likeness (QED) is 0.258. The summed E-state index contributed by atoms with van der Waals surface area (Å²) in [7, 11) is 0. The van der Waals surface area contributed by atoms with Crippen LogP contribution in [0, 0.1) is 29.1 Å². The van der Waals surface area contributed by atoms with Crippen LogP contribution in [0.5, 0.6) is 5.88 Å². The van der Waals surface area contributed by atoms with Crippen molar-refractivity contribution in [3.63, 3.8) is 0 Å². The van der Waals surface area contributed by atoms with Crippen LogP contribution in [0.3, 0.4) is 0 Å². The van der Waals surface area contributed by atoms with Gasteiger partial charge >= 0.3 is 6.18 Å². The minimum absolute atomic E-state index is 0. The zero-order valence-corrected chi connectivity index (χ0v) is 15.2. The van der Waals surface area contributed by atoms with Crippen LogP contribution in [-0.2, 0) is 17.1 Å². The SMILES string of the molecule is O=C(c1c(-c2cc(F)c(F)c(F)c2)nn(-c2cc(F)cc(F)c2)c1O)C(F)(F)F.[Mn]. The summed E-state index contributed by atoms with van der Waals surface area (Å²) in [6.45, 7) is 0. The van der Waals surface area contributed by atoms with Crippen molar-refractivity contribution in [1.82, 2.24) is 9.78 Å². The van der Waals surface area contributed by atoms with Crippen LogP contribution in [0.15, 0.2) is 30.3 Å². The number of halogens is 8. The molecule has 3 rings (SSSR count). The first kappa shape index (κ1) is 23.4. The number of rotatable bonds is 3. The van der Waals surface area contributed by atoms with Gasteiger partial charge in [0.15, 0.2) is 17.5 Å². The van der Waals surface area contributed by atoms with Gasteiger partial charge in [0.2, 0.25) is 5.88 Å². The molecule has 1 radical (unpaired) electrons. The molecule has 3 aromatic rings. The molecule has 1 heterocycles. The number of aromatic nitrogens is 2. The van der Waals surface area contributed by atoms with Gasteiger partial charge in [0.1, 0.15) is 22.9 Å². The number of Topliss-reactive ketones (excluding diaryl/α,β-unsaturated/α-hetero) is 1. The molecule has 0 saturated heterocycles. The standard InChI is InChI=1S/C17H6F8N2O2.Mn/c18-7-3-8(19)5-9(4-7)27-16(29)12(15(28)17(23,24)25)14(26-27)6-1-10(20)13(22)11(21)2-6;/h1-5,29H;. The molecule has 159 valence electrons. The maximum atomic E-state index is 13.5. The number of nitrogens with zero attached hydrogens (tertiary/aromatic N) is 2. The van der Waals surface area contributed by atoms with E-state index in [-0.39, 0.29) is 33.9 Å². The summed E-state index contributed by atoms with van der Waals surface area (Å²) in [6, 6.07) is 2.02. The molecule has 13 heteroatoms. The molecule has 4 nitrogen and oxygen atoms in total. The number of aromatic hydroxyl groups is 1. The Morgan fingerprint density at radius 3 is 1.87 bits per heavy atom. The van der Waals surface area contributed by atoms with Crippen molar-refractivity contribution in [2.75, 3.05) is 0 Å². The van der Waals surface area contributed by atoms with Gasteiger partial charge in [-0.2, -0.15) is 23.0 Å². The Balaban J connectivity index is 0.00000320. The van der Waals surface area contributed by atoms with Gasteiger partial charge in [-0.1, -0.05) is 0 Å². The first-order chi connectivity index (χ1) is 13.4. The van der Waals surface area contributed by atoms with Crippen molar-refractivity contribution >= 4 is 5.78 Å². The average molecular weight is 477 g/mol. The first-order valence-corrected chi connectivity index (χ1v) is 7.45. The zero-order valence-electron chi connectivity index (χ0n) is 14.0. The van der Waals surface area contributed by atoms with E-state index in [2.05, 4.69) is 5.10 Å². The average Bonchev–Trinajstić information content (AvgIpc) is 2.94. The van der Waals surface area contributed by atoms with Crippen molar-refractivity contribution in [2.45, 2.75) is 6.18 Å². The minimum Gasteiger partial charge on any atom is -0.493 e. The summed E-state index contributed by atoms with van der Waals surface area (Å²) in [6.07, 6.45) is -5.55. The normalized spacial score (nSPS) is 11.3. The molecule has 0 spiro atoms. The van der Waals surface area contributed by atoms with E-state index in [4.69, 9.17) is 0 Å². The van der Waals surface area contributed by atoms with Gasteiger partial charge in [0.05, 0.1) is 5.69 Å². The third kappa shape index (κ3) is 4.17. The molecule has 2 aromatic carbocycles. The smallest absolute Gasteiger partial charge is 0.455 e. The number of ketones is 1. The Kier molecular flexibility index (Phi) is 6.29. The molecule has 0 aliphatic rings. The fourth-order valence-corrected chi connectivity index (χ4v) is 2.50. The number of benzene rings is 2. The predicted octanol–water partition coefficient (Wildman–Crippen LogP) is 4.68. The Morgan fingerprint density at radius 1 is 0.900 bits per heavy atom. The summed E-state index contributed by atoms with van der Waals surface area (Å²) >= 11 is 0. The molecule has 1 N–H and O–H groups in total. The fourth-order valence-electron chi connectivity index (χ4n) is 2.50. The van der Waals surface area contributed by atoms with Crippen molar-refractivity contribution in [2.24, 2.45) is 0 Å². The van der Waals surface area contributed by atoms with Crippen LogP contribution < -0.4 is 0 Å². The number of carbonyl (C=O) groups is 1. The summed E-state index contributed by atoms with van der Waals surface area (Å²) < 4.78 is 106. The minimum atomic E-state index is -5.55. The van der Waals surface area contributed by atoms with Gasteiger partial charge < -0.3 is 5.11 Å². The summed E-state index contributed by atoms with van der Waals surface area (Å²) in [5.41, 5.74) is -4.11. The van der Waals surface area contributed by atoms with Gasteiger partial charge in [-0.3, -0.25) is 4.79 Å². The van der Waals surface area contributed by atoms with Crippen LogP contribution in [0.25, 0.3) is 16.9 Å². The number of hydrogen-bond donors (Lipinski definition) is 1. The molecule has 0 fully saturated rings. The third-order valence-electron chi connectivity index (χ3n) is 3.69. The van der Waals surface area contributed by atoms with Gasteiger partial charge in [-0.15, -0.1) is 0 Å². The Bertz CT molecular complexity index is 1100. The second-order valence-corrected chi connectivity index (χ2v) is 5.67. The van der Waals surface area contributed by atoms with Gasteiger partial charge in [0, 0.05) is 28.7 Å². The Morgan fingerprint density at radius 2 is 1.40 bits per heavy atom. The van der Waals surface area contributed by atoms with Crippen LogP contribution >= 0.6 is 0 Å². The van der Waals surface area contributed by atoms with Crippen LogP contribution in [0.2, 0.25) is 0 Å². The summed E-state index contributed by atoms with van der Waals surface area (Å²) in [5.74, 6) is -12.1. The summed E-state index contributed by atoms with van der Waals surface area (Å²) in [4.78, 5) is 11.7. The zero-order chi connectivity index (χ0) is 21.7. The van der Waals surface area contributed by atoms with Gasteiger partial charge in [-0.05, 0) is 24.3 Å². The van der Waals surface area contributed by atoms with Crippen LogP contribution in [0.1, 0.15) is 10.4 Å². The molecule has 0 atom stereocenters. The molecular weight excluding hydrogens is 471 g/mol. The van der Waals surface area contributed by atoms with E-state index in [1.165, 1.54) is 0 Å². The molecule has 0 unspecified atom stereocenters. The predicted molar refractivity (Wildman–Crippen MR) is 80.8 cm³/mol. The molecular formula is C17H6F8MnN2O2. The maximum absolute atomic E-state index is 13.5. The monoisotopic (exact) mass is 477 g/mol. The van der Waals surface area contributed by atoms with Crippen LogP contribution in [-0.4, -0.2) is 26.8 Å². The van der Waals surface area contributed by atoms with Gasteiger partial charge in [-0.25, -0.2) is 22.0 Å². The topological polar surface area (TPSA) is 55.1 Å². The maximum Gasteiger partial charge on any atom is 0.455 e. The molecule has 30 heavy (non-hydrogen) atoms. The molecule has 1 aromatic heterocycles. The third-order valence-corrected chi connectivity index (χ3v) is 3.69. The first-order valence-electron chi connectivity index (χ1n) is 7.45. The van der Waals surface area contributed by atoms with Crippen LogP contribution in [0.4, 0.5) is 35.1 Å². The largest absolute Gasteiger partial charge is 0.493 e. The van der Waals surface area contributed by atoms with E-state index < -0.39 is 69.4 Å².